The Hall–Kier alpha value is -1.95. The summed E-state index contributed by atoms with van der Waals surface area (Å²) in [6, 6.07) is 6.57. The summed E-state index contributed by atoms with van der Waals surface area (Å²) in [7, 11) is 0. The molecule has 0 bridgehead atoms. The lowest BCUT2D eigenvalue weighted by Gasteiger charge is -2.23. The number of carbonyl (C=O) groups excluding carboxylic acids is 2. The quantitative estimate of drug-likeness (QED) is 0.781. The zero-order chi connectivity index (χ0) is 15.6. The molecule has 1 unspecified atom stereocenters. The van der Waals surface area contributed by atoms with E-state index in [-0.39, 0.29) is 12.2 Å². The number of hydrogen-bond donors (Lipinski definition) is 2. The molecule has 1 atom stereocenters. The second-order valence-electron chi connectivity index (χ2n) is 5.86. The maximum Gasteiger partial charge on any atom is 0.408 e. The van der Waals surface area contributed by atoms with Crippen molar-refractivity contribution in [1.82, 2.24) is 5.32 Å². The number of thiocarbonyl (C=S) groups is 1. The number of ketones is 1. The van der Waals surface area contributed by atoms with E-state index < -0.39 is 17.7 Å². The normalized spacial score (nSPS) is 18.3. The Morgan fingerprint density at radius 2 is 2.05 bits per heavy atom. The van der Waals surface area contributed by atoms with Crippen molar-refractivity contribution in [2.45, 2.75) is 38.8 Å². The Balaban J connectivity index is 2.12. The van der Waals surface area contributed by atoms with Crippen LogP contribution in [0.15, 0.2) is 24.3 Å². The van der Waals surface area contributed by atoms with Crippen LogP contribution in [0.4, 0.5) is 10.5 Å². The van der Waals surface area contributed by atoms with Crippen molar-refractivity contribution in [3.63, 3.8) is 0 Å². The van der Waals surface area contributed by atoms with Crippen molar-refractivity contribution < 1.29 is 14.3 Å². The number of nitrogens with one attached hydrogen (secondary N) is 2. The van der Waals surface area contributed by atoms with Crippen LogP contribution in [0.5, 0.6) is 0 Å². The molecule has 21 heavy (non-hydrogen) atoms. The fourth-order valence-electron chi connectivity index (χ4n) is 2.01. The summed E-state index contributed by atoms with van der Waals surface area (Å²) in [5.74, 6) is -0.0704. The second-order valence-corrected chi connectivity index (χ2v) is 6.30. The number of anilines is 1. The van der Waals surface area contributed by atoms with Gasteiger partial charge in [-0.2, -0.15) is 0 Å². The monoisotopic (exact) mass is 306 g/mol. The largest absolute Gasteiger partial charge is 0.444 e. The number of ether oxygens (including phenoxy) is 1. The highest BCUT2D eigenvalue weighted by Crippen LogP contribution is 2.22. The second kappa shape index (κ2) is 5.81. The van der Waals surface area contributed by atoms with Crippen molar-refractivity contribution in [1.29, 1.82) is 0 Å². The highest BCUT2D eigenvalue weighted by molar-refractivity contribution is 7.80. The molecule has 1 aromatic rings. The van der Waals surface area contributed by atoms with E-state index in [4.69, 9.17) is 17.0 Å². The van der Waals surface area contributed by atoms with Gasteiger partial charge in [0.25, 0.3) is 0 Å². The minimum absolute atomic E-state index is 0.0704. The molecule has 0 aromatic heterocycles. The molecule has 6 heteroatoms. The van der Waals surface area contributed by atoms with Crippen LogP contribution in [0.1, 0.15) is 37.6 Å². The fourth-order valence-corrected chi connectivity index (χ4v) is 2.26. The van der Waals surface area contributed by atoms with Crippen molar-refractivity contribution in [3.8, 4) is 0 Å². The molecule has 2 rings (SSSR count). The number of rotatable bonds is 1. The minimum atomic E-state index is -0.600. The first-order valence-corrected chi connectivity index (χ1v) is 7.10. The molecule has 0 aliphatic carbocycles. The van der Waals surface area contributed by atoms with Gasteiger partial charge in [0.2, 0.25) is 0 Å². The molecule has 0 saturated carbocycles. The molecular weight excluding hydrogens is 288 g/mol. The topological polar surface area (TPSA) is 67.4 Å². The van der Waals surface area contributed by atoms with E-state index in [1.807, 2.05) is 6.07 Å². The van der Waals surface area contributed by atoms with Crippen molar-refractivity contribution in [2.75, 3.05) is 5.32 Å². The summed E-state index contributed by atoms with van der Waals surface area (Å²) < 4.78 is 5.19. The maximum atomic E-state index is 12.2. The standard InChI is InChI=1S/C15H18N2O3S/c1-15(2,3)20-14(19)17-11-8-12(18)9-6-4-5-7-10(9)16-13(11)21/h4-7,11H,8H2,1-3H3,(H,16,21)(H,17,19). The van der Waals surface area contributed by atoms with Crippen LogP contribution in [-0.4, -0.2) is 28.5 Å². The number of alkyl carbamates (subject to hydrolysis) is 1. The van der Waals surface area contributed by atoms with Gasteiger partial charge in [0, 0.05) is 17.7 Å². The number of amides is 1. The summed E-state index contributed by atoms with van der Waals surface area (Å²) in [4.78, 5) is 24.5. The van der Waals surface area contributed by atoms with Crippen LogP contribution in [0.25, 0.3) is 0 Å². The molecule has 1 heterocycles. The molecule has 5 nitrogen and oxygen atoms in total. The lowest BCUT2D eigenvalue weighted by molar-refractivity contribution is 0.0517. The number of fused-ring (bicyclic) bond motifs is 1. The van der Waals surface area contributed by atoms with Crippen LogP contribution in [0.2, 0.25) is 0 Å². The van der Waals surface area contributed by atoms with E-state index in [2.05, 4.69) is 10.6 Å². The van der Waals surface area contributed by atoms with Gasteiger partial charge in [-0.05, 0) is 32.9 Å². The fraction of sp³-hybridized carbons (Fsp3) is 0.400. The Kier molecular flexibility index (Phi) is 4.27. The molecule has 1 amide bonds. The van der Waals surface area contributed by atoms with E-state index in [1.165, 1.54) is 0 Å². The highest BCUT2D eigenvalue weighted by atomic mass is 32.1. The van der Waals surface area contributed by atoms with E-state index in [0.717, 1.165) is 0 Å². The van der Waals surface area contributed by atoms with Gasteiger partial charge in [-0.3, -0.25) is 4.79 Å². The average Bonchev–Trinajstić information content (AvgIpc) is 2.46. The molecule has 1 aromatic carbocycles. The molecule has 2 N–H and O–H groups in total. The summed E-state index contributed by atoms with van der Waals surface area (Å²) >= 11 is 5.27. The van der Waals surface area contributed by atoms with Crippen LogP contribution in [0.3, 0.4) is 0 Å². The van der Waals surface area contributed by atoms with Gasteiger partial charge in [-0.25, -0.2) is 4.79 Å². The third kappa shape index (κ3) is 4.01. The number of para-hydroxylation sites is 1. The third-order valence-electron chi connectivity index (χ3n) is 2.88. The van der Waals surface area contributed by atoms with Gasteiger partial charge in [0.15, 0.2) is 5.78 Å². The summed E-state index contributed by atoms with van der Waals surface area (Å²) in [5, 5.41) is 5.66. The molecule has 1 aliphatic rings. The SMILES string of the molecule is CC(C)(C)OC(=O)NC1CC(=O)c2ccccc2NC1=S. The van der Waals surface area contributed by atoms with E-state index in [0.29, 0.717) is 16.2 Å². The predicted molar refractivity (Wildman–Crippen MR) is 84.8 cm³/mol. The Morgan fingerprint density at radius 1 is 1.38 bits per heavy atom. The molecule has 0 radical (unpaired) electrons. The van der Waals surface area contributed by atoms with Gasteiger partial charge in [0.05, 0.1) is 6.04 Å². The van der Waals surface area contributed by atoms with Gasteiger partial charge < -0.3 is 15.4 Å². The zero-order valence-corrected chi connectivity index (χ0v) is 13.0. The van der Waals surface area contributed by atoms with E-state index in [1.54, 1.807) is 39.0 Å². The van der Waals surface area contributed by atoms with E-state index >= 15 is 0 Å². The third-order valence-corrected chi connectivity index (χ3v) is 3.27. The molecule has 1 aliphatic heterocycles. The molecule has 0 spiro atoms. The van der Waals surface area contributed by atoms with Crippen LogP contribution in [-0.2, 0) is 4.74 Å². The van der Waals surface area contributed by atoms with Gasteiger partial charge in [-0.15, -0.1) is 0 Å². The predicted octanol–water partition coefficient (Wildman–Crippen LogP) is 2.91. The summed E-state index contributed by atoms with van der Waals surface area (Å²) in [6.07, 6.45) is -0.474. The van der Waals surface area contributed by atoms with Gasteiger partial charge >= 0.3 is 6.09 Å². The first-order valence-electron chi connectivity index (χ1n) is 6.69. The van der Waals surface area contributed by atoms with Crippen molar-refractivity contribution in [2.24, 2.45) is 0 Å². The van der Waals surface area contributed by atoms with Crippen LogP contribution in [0, 0.1) is 0 Å². The number of Topliss-reactive ketones (excluding diaryl/α,β-unsaturated/α-hetero) is 1. The lowest BCUT2D eigenvalue weighted by Crippen LogP contribution is -2.45. The smallest absolute Gasteiger partial charge is 0.408 e. The molecule has 0 saturated heterocycles. The van der Waals surface area contributed by atoms with Crippen LogP contribution >= 0.6 is 12.2 Å². The lowest BCUT2D eigenvalue weighted by atomic mass is 10.0. The van der Waals surface area contributed by atoms with Gasteiger partial charge in [-0.1, -0.05) is 24.4 Å². The number of carbonyl (C=O) groups is 2. The highest BCUT2D eigenvalue weighted by Gasteiger charge is 2.28. The van der Waals surface area contributed by atoms with E-state index in [9.17, 15) is 9.59 Å². The zero-order valence-electron chi connectivity index (χ0n) is 12.2. The summed E-state index contributed by atoms with van der Waals surface area (Å²) in [6.45, 7) is 5.33. The average molecular weight is 306 g/mol. The van der Waals surface area contributed by atoms with Crippen LogP contribution < -0.4 is 10.6 Å². The Bertz CT molecular complexity index is 593. The number of hydrogen-bond acceptors (Lipinski definition) is 4. The van der Waals surface area contributed by atoms with Crippen molar-refractivity contribution >= 4 is 34.8 Å². The maximum absolute atomic E-state index is 12.2. The molecular formula is C15H18N2O3S. The Morgan fingerprint density at radius 3 is 2.71 bits per heavy atom. The van der Waals surface area contributed by atoms with Crippen molar-refractivity contribution in [3.05, 3.63) is 29.8 Å². The number of benzene rings is 1. The first-order chi connectivity index (χ1) is 9.76. The minimum Gasteiger partial charge on any atom is -0.444 e. The first kappa shape index (κ1) is 15.4. The Labute approximate surface area is 129 Å². The molecule has 112 valence electrons. The molecule has 0 fully saturated rings. The van der Waals surface area contributed by atoms with Gasteiger partial charge in [0.1, 0.15) is 10.6 Å². The summed E-state index contributed by atoms with van der Waals surface area (Å²) in [5.41, 5.74) is 0.644.